The summed E-state index contributed by atoms with van der Waals surface area (Å²) < 4.78 is 24.6. The lowest BCUT2D eigenvalue weighted by Crippen LogP contribution is -2.48. The van der Waals surface area contributed by atoms with Crippen LogP contribution in [0.3, 0.4) is 0 Å². The topological polar surface area (TPSA) is 89.9 Å². The number of carbonyl (C=O) groups excluding carboxylic acids is 1. The number of nitrogens with one attached hydrogen (secondary N) is 1. The Morgan fingerprint density at radius 3 is 2.42 bits per heavy atom. The second-order valence-electron chi connectivity index (χ2n) is 4.55. The van der Waals surface area contributed by atoms with E-state index in [2.05, 4.69) is 5.32 Å². The van der Waals surface area contributed by atoms with Gasteiger partial charge in [0.1, 0.15) is 0 Å². The third-order valence-electron chi connectivity index (χ3n) is 2.91. The Hall–Kier alpha value is -1.44. The van der Waals surface area contributed by atoms with E-state index in [-0.39, 0.29) is 18.9 Å². The summed E-state index contributed by atoms with van der Waals surface area (Å²) in [5.74, 6) is -0.942. The van der Waals surface area contributed by atoms with Crippen molar-refractivity contribution in [3.05, 3.63) is 0 Å². The summed E-state index contributed by atoms with van der Waals surface area (Å²) in [5, 5.41) is 19.9. The van der Waals surface area contributed by atoms with Crippen molar-refractivity contribution >= 4 is 12.0 Å². The third kappa shape index (κ3) is 5.82. The van der Waals surface area contributed by atoms with Gasteiger partial charge in [-0.2, -0.15) is 0 Å². The summed E-state index contributed by atoms with van der Waals surface area (Å²) in [6, 6.07) is -1.30. The van der Waals surface area contributed by atoms with Crippen LogP contribution in [0.5, 0.6) is 0 Å². The van der Waals surface area contributed by atoms with Gasteiger partial charge in [-0.1, -0.05) is 0 Å². The number of carboxylic acid groups (broad SMARTS) is 1. The number of alkyl halides is 2. The Bertz CT molecular complexity index is 324. The number of halogens is 2. The van der Waals surface area contributed by atoms with Gasteiger partial charge >= 0.3 is 12.0 Å². The van der Waals surface area contributed by atoms with Crippen molar-refractivity contribution in [2.45, 2.75) is 31.7 Å². The molecule has 6 nitrogen and oxygen atoms in total. The van der Waals surface area contributed by atoms with Crippen molar-refractivity contribution in [1.82, 2.24) is 10.2 Å². The van der Waals surface area contributed by atoms with Crippen LogP contribution in [0.2, 0.25) is 0 Å². The summed E-state index contributed by atoms with van der Waals surface area (Å²) in [5.41, 5.74) is 0. The van der Waals surface area contributed by atoms with Crippen LogP contribution in [-0.4, -0.2) is 59.3 Å². The number of aliphatic hydroxyl groups is 1. The van der Waals surface area contributed by atoms with Gasteiger partial charge in [-0.3, -0.25) is 4.79 Å². The fraction of sp³-hybridized carbons (Fsp3) is 0.818. The predicted molar refractivity (Wildman–Crippen MR) is 62.0 cm³/mol. The molecule has 1 atom stereocenters. The Kier molecular flexibility index (Phi) is 5.94. The second kappa shape index (κ2) is 7.22. The summed E-state index contributed by atoms with van der Waals surface area (Å²) in [6.07, 6.45) is -1.27. The van der Waals surface area contributed by atoms with Crippen molar-refractivity contribution in [2.24, 2.45) is 5.92 Å². The Morgan fingerprint density at radius 1 is 1.37 bits per heavy atom. The van der Waals surface area contributed by atoms with Crippen LogP contribution in [0.15, 0.2) is 0 Å². The molecular formula is C11H18F2N2O4. The Balaban J connectivity index is 2.54. The molecule has 1 unspecified atom stereocenters. The molecule has 8 heteroatoms. The fourth-order valence-corrected chi connectivity index (χ4v) is 1.84. The molecule has 0 saturated heterocycles. The van der Waals surface area contributed by atoms with E-state index in [0.717, 1.165) is 17.7 Å². The van der Waals surface area contributed by atoms with Gasteiger partial charge in [0.05, 0.1) is 19.6 Å². The number of aliphatic hydroxyl groups excluding tert-OH is 1. The maximum Gasteiger partial charge on any atom is 0.317 e. The van der Waals surface area contributed by atoms with Crippen molar-refractivity contribution in [1.29, 1.82) is 0 Å². The van der Waals surface area contributed by atoms with E-state index in [0.29, 0.717) is 0 Å². The molecule has 0 aromatic heterocycles. The lowest BCUT2D eigenvalue weighted by atomic mass is 10.1. The monoisotopic (exact) mass is 280 g/mol. The highest BCUT2D eigenvalue weighted by atomic mass is 19.3. The molecule has 110 valence electrons. The van der Waals surface area contributed by atoms with Gasteiger partial charge in [0.2, 0.25) is 0 Å². The predicted octanol–water partition coefficient (Wildman–Crippen LogP) is 0.509. The van der Waals surface area contributed by atoms with Gasteiger partial charge in [-0.15, -0.1) is 0 Å². The minimum Gasteiger partial charge on any atom is -0.481 e. The first-order chi connectivity index (χ1) is 8.93. The quantitative estimate of drug-likeness (QED) is 0.604. The highest BCUT2D eigenvalue weighted by molar-refractivity contribution is 5.76. The lowest BCUT2D eigenvalue weighted by Gasteiger charge is -2.25. The van der Waals surface area contributed by atoms with Crippen LogP contribution in [0.1, 0.15) is 19.3 Å². The highest BCUT2D eigenvalue weighted by Gasteiger charge is 2.34. The number of carbonyl (C=O) groups is 2. The second-order valence-corrected chi connectivity index (χ2v) is 4.55. The van der Waals surface area contributed by atoms with Crippen LogP contribution in [0, 0.1) is 5.92 Å². The summed E-state index contributed by atoms with van der Waals surface area (Å²) in [6.45, 7) is -1.41. The number of hydrogen-bond acceptors (Lipinski definition) is 3. The maximum atomic E-state index is 12.3. The Labute approximate surface area is 109 Å². The average Bonchev–Trinajstić information content (AvgIpc) is 3.10. The molecule has 0 aromatic rings. The van der Waals surface area contributed by atoms with E-state index in [4.69, 9.17) is 10.2 Å². The molecule has 1 rings (SSSR count). The minimum absolute atomic E-state index is 0.0996. The summed E-state index contributed by atoms with van der Waals surface area (Å²) in [4.78, 5) is 23.2. The summed E-state index contributed by atoms with van der Waals surface area (Å²) in [7, 11) is 0. The van der Waals surface area contributed by atoms with Gasteiger partial charge in [-0.05, 0) is 18.8 Å². The summed E-state index contributed by atoms with van der Waals surface area (Å²) >= 11 is 0. The molecule has 0 bridgehead atoms. The van der Waals surface area contributed by atoms with E-state index >= 15 is 0 Å². The normalized spacial score (nSPS) is 16.2. The molecule has 1 fully saturated rings. The molecule has 0 spiro atoms. The number of rotatable bonds is 8. The zero-order valence-electron chi connectivity index (χ0n) is 10.4. The molecular weight excluding hydrogens is 262 g/mol. The first kappa shape index (κ1) is 15.6. The van der Waals surface area contributed by atoms with E-state index in [1.165, 1.54) is 0 Å². The van der Waals surface area contributed by atoms with Crippen LogP contribution in [-0.2, 0) is 4.79 Å². The van der Waals surface area contributed by atoms with Gasteiger partial charge < -0.3 is 20.4 Å². The van der Waals surface area contributed by atoms with Crippen LogP contribution in [0.25, 0.3) is 0 Å². The molecule has 0 heterocycles. The smallest absolute Gasteiger partial charge is 0.317 e. The average molecular weight is 280 g/mol. The van der Waals surface area contributed by atoms with Crippen molar-refractivity contribution in [3.8, 4) is 0 Å². The first-order valence-corrected chi connectivity index (χ1v) is 6.10. The number of nitrogens with zero attached hydrogens (tertiary/aromatic N) is 1. The zero-order valence-corrected chi connectivity index (χ0v) is 10.4. The van der Waals surface area contributed by atoms with Crippen molar-refractivity contribution < 1.29 is 28.6 Å². The van der Waals surface area contributed by atoms with E-state index in [9.17, 15) is 18.4 Å². The molecule has 3 N–H and O–H groups in total. The molecule has 2 amide bonds. The third-order valence-corrected chi connectivity index (χ3v) is 2.91. The van der Waals surface area contributed by atoms with Gasteiger partial charge in [0.25, 0.3) is 6.43 Å². The lowest BCUT2D eigenvalue weighted by molar-refractivity contribution is -0.137. The molecule has 1 saturated carbocycles. The molecule has 0 aliphatic heterocycles. The number of aliphatic carboxylic acids is 1. The zero-order chi connectivity index (χ0) is 14.4. The van der Waals surface area contributed by atoms with Crippen LogP contribution >= 0.6 is 0 Å². The minimum atomic E-state index is -2.70. The standard InChI is InChI=1S/C11H18F2N2O4/c12-9(13)6-15(3-4-16)11(19)14-8(5-10(17)18)7-1-2-7/h7-9,16H,1-6H2,(H,14,19)(H,17,18). The number of urea groups is 1. The molecule has 1 aliphatic carbocycles. The van der Waals surface area contributed by atoms with Gasteiger partial charge in [0.15, 0.2) is 0 Å². The molecule has 1 aliphatic rings. The van der Waals surface area contributed by atoms with Gasteiger partial charge in [0, 0.05) is 12.6 Å². The van der Waals surface area contributed by atoms with E-state index in [1.807, 2.05) is 0 Å². The maximum absolute atomic E-state index is 12.3. The number of amides is 2. The number of hydrogen-bond donors (Lipinski definition) is 3. The first-order valence-electron chi connectivity index (χ1n) is 6.10. The molecule has 0 aromatic carbocycles. The van der Waals surface area contributed by atoms with Crippen molar-refractivity contribution in [2.75, 3.05) is 19.7 Å². The Morgan fingerprint density at radius 2 is 2.00 bits per heavy atom. The highest BCUT2D eigenvalue weighted by Crippen LogP contribution is 2.34. The fourth-order valence-electron chi connectivity index (χ4n) is 1.84. The van der Waals surface area contributed by atoms with E-state index < -0.39 is 37.6 Å². The molecule has 19 heavy (non-hydrogen) atoms. The largest absolute Gasteiger partial charge is 0.481 e. The van der Waals surface area contributed by atoms with E-state index in [1.54, 1.807) is 0 Å². The van der Waals surface area contributed by atoms with Gasteiger partial charge in [-0.25, -0.2) is 13.6 Å². The van der Waals surface area contributed by atoms with Crippen LogP contribution in [0.4, 0.5) is 13.6 Å². The van der Waals surface area contributed by atoms with Crippen molar-refractivity contribution in [3.63, 3.8) is 0 Å². The molecule has 0 radical (unpaired) electrons. The number of carboxylic acids is 1. The van der Waals surface area contributed by atoms with Crippen LogP contribution < -0.4 is 5.32 Å². The SMILES string of the molecule is O=C(O)CC(NC(=O)N(CCO)CC(F)F)C1CC1.